The predicted octanol–water partition coefficient (Wildman–Crippen LogP) is 4.43. The van der Waals surface area contributed by atoms with Crippen molar-refractivity contribution in [3.05, 3.63) is 34.9 Å². The first-order valence-electron chi connectivity index (χ1n) is 6.69. The van der Waals surface area contributed by atoms with Gasteiger partial charge in [-0.05, 0) is 48.9 Å². The highest BCUT2D eigenvalue weighted by atomic mass is 35.5. The largest absolute Gasteiger partial charge is 0.310 e. The molecule has 1 aromatic carbocycles. The Kier molecular flexibility index (Phi) is 4.47. The summed E-state index contributed by atoms with van der Waals surface area (Å²) in [5, 5.41) is 4.46. The van der Waals surface area contributed by atoms with E-state index in [2.05, 4.69) is 31.3 Å². The summed E-state index contributed by atoms with van der Waals surface area (Å²) >= 11 is 5.96. The Hall–Kier alpha value is -0.530. The zero-order chi connectivity index (χ0) is 12.3. The second-order valence-electron chi connectivity index (χ2n) is 5.27. The zero-order valence-corrected chi connectivity index (χ0v) is 11.5. The van der Waals surface area contributed by atoms with Crippen molar-refractivity contribution < 1.29 is 0 Å². The minimum absolute atomic E-state index is 0.502. The molecule has 0 amide bonds. The lowest BCUT2D eigenvalue weighted by Crippen LogP contribution is -2.27. The fourth-order valence-corrected chi connectivity index (χ4v) is 3.13. The summed E-state index contributed by atoms with van der Waals surface area (Å²) in [5.74, 6) is 1.67. The summed E-state index contributed by atoms with van der Waals surface area (Å²) in [4.78, 5) is 0. The Bertz CT molecular complexity index is 346. The summed E-state index contributed by atoms with van der Waals surface area (Å²) in [6, 6.07) is 8.83. The van der Waals surface area contributed by atoms with Gasteiger partial charge in [0.05, 0.1) is 0 Å². The van der Waals surface area contributed by atoms with Gasteiger partial charge < -0.3 is 5.32 Å². The minimum atomic E-state index is 0.502. The number of hydrogen-bond acceptors (Lipinski definition) is 1. The Morgan fingerprint density at radius 3 is 2.53 bits per heavy atom. The second kappa shape index (κ2) is 5.88. The zero-order valence-electron chi connectivity index (χ0n) is 10.7. The van der Waals surface area contributed by atoms with Crippen molar-refractivity contribution in [3.63, 3.8) is 0 Å². The lowest BCUT2D eigenvalue weighted by molar-refractivity contribution is 0.365. The Balaban J connectivity index is 2.13. The maximum Gasteiger partial charge on any atom is 0.0406 e. The standard InChI is InChI=1S/C15H22ClN/c1-3-17-15(13-5-4-11(2)10-13)12-6-8-14(16)9-7-12/h6-9,11,13,15,17H,3-5,10H2,1-2H3. The average molecular weight is 252 g/mol. The van der Waals surface area contributed by atoms with E-state index in [0.717, 1.165) is 23.4 Å². The maximum absolute atomic E-state index is 5.96. The van der Waals surface area contributed by atoms with Crippen LogP contribution in [0.1, 0.15) is 44.7 Å². The summed E-state index contributed by atoms with van der Waals surface area (Å²) in [6.07, 6.45) is 4.07. The number of halogens is 1. The SMILES string of the molecule is CCNC(c1ccc(Cl)cc1)C1CCC(C)C1. The maximum atomic E-state index is 5.96. The molecule has 0 radical (unpaired) electrons. The Morgan fingerprint density at radius 2 is 2.00 bits per heavy atom. The van der Waals surface area contributed by atoms with E-state index >= 15 is 0 Å². The van der Waals surface area contributed by atoms with E-state index in [9.17, 15) is 0 Å². The van der Waals surface area contributed by atoms with Crippen LogP contribution in [0.3, 0.4) is 0 Å². The van der Waals surface area contributed by atoms with Crippen LogP contribution in [0, 0.1) is 11.8 Å². The lowest BCUT2D eigenvalue weighted by atomic mass is 9.91. The molecule has 1 aromatic rings. The summed E-state index contributed by atoms with van der Waals surface area (Å²) < 4.78 is 0. The van der Waals surface area contributed by atoms with Crippen LogP contribution >= 0.6 is 11.6 Å². The number of rotatable bonds is 4. The molecule has 3 unspecified atom stereocenters. The van der Waals surface area contributed by atoms with E-state index < -0.39 is 0 Å². The van der Waals surface area contributed by atoms with Crippen LogP contribution in [0.15, 0.2) is 24.3 Å². The van der Waals surface area contributed by atoms with Crippen molar-refractivity contribution in [2.45, 2.75) is 39.2 Å². The first kappa shape index (κ1) is 12.9. The van der Waals surface area contributed by atoms with Crippen LogP contribution in [0.5, 0.6) is 0 Å². The van der Waals surface area contributed by atoms with Crippen molar-refractivity contribution in [2.75, 3.05) is 6.54 Å². The fourth-order valence-electron chi connectivity index (χ4n) is 3.00. The third kappa shape index (κ3) is 3.23. The van der Waals surface area contributed by atoms with Crippen molar-refractivity contribution in [1.82, 2.24) is 5.32 Å². The summed E-state index contributed by atoms with van der Waals surface area (Å²) in [5.41, 5.74) is 1.38. The van der Waals surface area contributed by atoms with E-state index in [4.69, 9.17) is 11.6 Å². The second-order valence-corrected chi connectivity index (χ2v) is 5.70. The molecular weight excluding hydrogens is 230 g/mol. The van der Waals surface area contributed by atoms with Crippen molar-refractivity contribution >= 4 is 11.6 Å². The van der Waals surface area contributed by atoms with Crippen LogP contribution in [0.25, 0.3) is 0 Å². The van der Waals surface area contributed by atoms with Gasteiger partial charge in [0.25, 0.3) is 0 Å². The third-order valence-corrected chi connectivity index (χ3v) is 4.11. The third-order valence-electron chi connectivity index (χ3n) is 3.86. The van der Waals surface area contributed by atoms with E-state index in [1.54, 1.807) is 0 Å². The summed E-state index contributed by atoms with van der Waals surface area (Å²) in [7, 11) is 0. The molecule has 0 spiro atoms. The highest BCUT2D eigenvalue weighted by Crippen LogP contribution is 2.38. The first-order chi connectivity index (χ1) is 8.20. The molecule has 1 nitrogen and oxygen atoms in total. The molecule has 1 saturated carbocycles. The highest BCUT2D eigenvalue weighted by molar-refractivity contribution is 6.30. The van der Waals surface area contributed by atoms with Gasteiger partial charge >= 0.3 is 0 Å². The number of hydrogen-bond donors (Lipinski definition) is 1. The molecule has 3 atom stereocenters. The molecule has 94 valence electrons. The predicted molar refractivity (Wildman–Crippen MR) is 74.4 cm³/mol. The average Bonchev–Trinajstić information content (AvgIpc) is 2.74. The van der Waals surface area contributed by atoms with Gasteiger partial charge in [-0.3, -0.25) is 0 Å². The molecule has 17 heavy (non-hydrogen) atoms. The molecule has 1 aliphatic rings. The Morgan fingerprint density at radius 1 is 1.29 bits per heavy atom. The molecule has 0 aromatic heterocycles. The molecule has 0 bridgehead atoms. The number of nitrogens with one attached hydrogen (secondary N) is 1. The molecule has 1 fully saturated rings. The van der Waals surface area contributed by atoms with Crippen LogP contribution in [-0.4, -0.2) is 6.54 Å². The molecule has 0 heterocycles. The van der Waals surface area contributed by atoms with Gasteiger partial charge in [-0.25, -0.2) is 0 Å². The monoisotopic (exact) mass is 251 g/mol. The number of benzene rings is 1. The highest BCUT2D eigenvalue weighted by Gasteiger charge is 2.29. The van der Waals surface area contributed by atoms with Crippen LogP contribution < -0.4 is 5.32 Å². The molecule has 0 saturated heterocycles. The quantitative estimate of drug-likeness (QED) is 0.835. The normalized spacial score (nSPS) is 26.1. The van der Waals surface area contributed by atoms with Gasteiger partial charge in [0.15, 0.2) is 0 Å². The lowest BCUT2D eigenvalue weighted by Gasteiger charge is -2.25. The fraction of sp³-hybridized carbons (Fsp3) is 0.600. The summed E-state index contributed by atoms with van der Waals surface area (Å²) in [6.45, 7) is 5.57. The minimum Gasteiger partial charge on any atom is -0.310 e. The van der Waals surface area contributed by atoms with E-state index in [-0.39, 0.29) is 0 Å². The Labute approximate surface area is 110 Å². The molecule has 2 heteroatoms. The van der Waals surface area contributed by atoms with Gasteiger partial charge in [-0.1, -0.05) is 44.0 Å². The molecule has 2 rings (SSSR count). The van der Waals surface area contributed by atoms with E-state index in [1.807, 2.05) is 12.1 Å². The van der Waals surface area contributed by atoms with Gasteiger partial charge in [0, 0.05) is 11.1 Å². The molecule has 0 aliphatic heterocycles. The van der Waals surface area contributed by atoms with Crippen LogP contribution in [-0.2, 0) is 0 Å². The smallest absolute Gasteiger partial charge is 0.0406 e. The van der Waals surface area contributed by atoms with Crippen molar-refractivity contribution in [3.8, 4) is 0 Å². The van der Waals surface area contributed by atoms with Gasteiger partial charge in [0.1, 0.15) is 0 Å². The van der Waals surface area contributed by atoms with Crippen LogP contribution in [0.2, 0.25) is 5.02 Å². The van der Waals surface area contributed by atoms with Crippen molar-refractivity contribution in [1.29, 1.82) is 0 Å². The topological polar surface area (TPSA) is 12.0 Å². The van der Waals surface area contributed by atoms with Gasteiger partial charge in [-0.15, -0.1) is 0 Å². The molecular formula is C15H22ClN. The van der Waals surface area contributed by atoms with Gasteiger partial charge in [0.2, 0.25) is 0 Å². The molecule has 1 aliphatic carbocycles. The van der Waals surface area contributed by atoms with Crippen molar-refractivity contribution in [2.24, 2.45) is 11.8 Å². The van der Waals surface area contributed by atoms with Gasteiger partial charge in [-0.2, -0.15) is 0 Å². The first-order valence-corrected chi connectivity index (χ1v) is 7.07. The molecule has 1 N–H and O–H groups in total. The van der Waals surface area contributed by atoms with Crippen LogP contribution in [0.4, 0.5) is 0 Å². The van der Waals surface area contributed by atoms with E-state index in [1.165, 1.54) is 24.8 Å². The van der Waals surface area contributed by atoms with E-state index in [0.29, 0.717) is 6.04 Å².